The highest BCUT2D eigenvalue weighted by Crippen LogP contribution is 2.34. The van der Waals surface area contributed by atoms with Crippen LogP contribution in [0.4, 0.5) is 11.4 Å². The highest BCUT2D eigenvalue weighted by Gasteiger charge is 2.31. The molecule has 2 fully saturated rings. The lowest BCUT2D eigenvalue weighted by atomic mass is 10.2. The van der Waals surface area contributed by atoms with Crippen molar-refractivity contribution in [3.63, 3.8) is 0 Å². The van der Waals surface area contributed by atoms with Gasteiger partial charge in [-0.3, -0.25) is 14.5 Å². The summed E-state index contributed by atoms with van der Waals surface area (Å²) in [6.07, 6.45) is 4.01. The number of carbonyl (C=O) groups is 2. The van der Waals surface area contributed by atoms with E-state index in [0.717, 1.165) is 30.3 Å². The fourth-order valence-corrected chi connectivity index (χ4v) is 3.22. The SMILES string of the molecule is CC(C1CC1)N(C)CC(=O)Nc1ccccc1N1CCCC1=O. The van der Waals surface area contributed by atoms with Crippen molar-refractivity contribution >= 4 is 23.2 Å². The van der Waals surface area contributed by atoms with Gasteiger partial charge in [0.2, 0.25) is 11.8 Å². The number of hydrogen-bond donors (Lipinski definition) is 1. The fraction of sp³-hybridized carbons (Fsp3) is 0.556. The third-order valence-electron chi connectivity index (χ3n) is 4.93. The average Bonchev–Trinajstić information content (AvgIpc) is 3.29. The summed E-state index contributed by atoms with van der Waals surface area (Å²) in [5, 5.41) is 2.98. The summed E-state index contributed by atoms with van der Waals surface area (Å²) in [6.45, 7) is 3.28. The number of amides is 2. The monoisotopic (exact) mass is 315 g/mol. The topological polar surface area (TPSA) is 52.7 Å². The Bertz CT molecular complexity index is 598. The minimum Gasteiger partial charge on any atom is -0.323 e. The first kappa shape index (κ1) is 16.0. The van der Waals surface area contributed by atoms with Crippen LogP contribution in [0.2, 0.25) is 0 Å². The number of likely N-dealkylation sites (N-methyl/N-ethyl adjacent to an activating group) is 1. The number of hydrogen-bond acceptors (Lipinski definition) is 3. The molecule has 23 heavy (non-hydrogen) atoms. The molecule has 0 bridgehead atoms. The molecule has 1 heterocycles. The van der Waals surface area contributed by atoms with Gasteiger partial charge in [-0.15, -0.1) is 0 Å². The molecule has 1 N–H and O–H groups in total. The van der Waals surface area contributed by atoms with Gasteiger partial charge in [0.05, 0.1) is 17.9 Å². The normalized spacial score (nSPS) is 19.3. The maximum atomic E-state index is 12.4. The van der Waals surface area contributed by atoms with E-state index in [1.807, 2.05) is 31.3 Å². The van der Waals surface area contributed by atoms with E-state index in [1.54, 1.807) is 4.90 Å². The molecule has 124 valence electrons. The molecule has 0 radical (unpaired) electrons. The summed E-state index contributed by atoms with van der Waals surface area (Å²) in [5.41, 5.74) is 1.53. The largest absolute Gasteiger partial charge is 0.323 e. The maximum Gasteiger partial charge on any atom is 0.238 e. The number of para-hydroxylation sites is 2. The number of benzene rings is 1. The minimum atomic E-state index is -0.0286. The first-order chi connectivity index (χ1) is 11.1. The second-order valence-electron chi connectivity index (χ2n) is 6.71. The van der Waals surface area contributed by atoms with Crippen LogP contribution in [-0.2, 0) is 9.59 Å². The van der Waals surface area contributed by atoms with Gasteiger partial charge >= 0.3 is 0 Å². The Morgan fingerprint density at radius 2 is 2.13 bits per heavy atom. The van der Waals surface area contributed by atoms with E-state index in [4.69, 9.17) is 0 Å². The standard InChI is InChI=1S/C18H25N3O2/c1-13(14-9-10-14)20(2)12-17(22)19-15-6-3-4-7-16(15)21-11-5-8-18(21)23/h3-4,6-7,13-14H,5,8-12H2,1-2H3,(H,19,22). The number of nitrogens with zero attached hydrogens (tertiary/aromatic N) is 2. The molecule has 2 aliphatic rings. The van der Waals surface area contributed by atoms with Crippen LogP contribution in [0.3, 0.4) is 0 Å². The summed E-state index contributed by atoms with van der Waals surface area (Å²) in [7, 11) is 2.00. The highest BCUT2D eigenvalue weighted by molar-refractivity contribution is 6.02. The van der Waals surface area contributed by atoms with E-state index >= 15 is 0 Å². The molecule has 1 aliphatic carbocycles. The summed E-state index contributed by atoms with van der Waals surface area (Å²) in [4.78, 5) is 28.2. The van der Waals surface area contributed by atoms with Crippen LogP contribution in [-0.4, -0.2) is 42.9 Å². The first-order valence-electron chi connectivity index (χ1n) is 8.45. The van der Waals surface area contributed by atoms with Gasteiger partial charge in [-0.25, -0.2) is 0 Å². The van der Waals surface area contributed by atoms with Gasteiger partial charge in [0.1, 0.15) is 0 Å². The van der Waals surface area contributed by atoms with E-state index in [-0.39, 0.29) is 11.8 Å². The minimum absolute atomic E-state index is 0.0286. The lowest BCUT2D eigenvalue weighted by Crippen LogP contribution is -2.37. The van der Waals surface area contributed by atoms with Crippen molar-refractivity contribution in [2.24, 2.45) is 5.92 Å². The number of carbonyl (C=O) groups excluding carboxylic acids is 2. The molecular weight excluding hydrogens is 290 g/mol. The number of anilines is 2. The lowest BCUT2D eigenvalue weighted by molar-refractivity contribution is -0.118. The van der Waals surface area contributed by atoms with Crippen molar-refractivity contribution in [3.05, 3.63) is 24.3 Å². The molecule has 1 aromatic rings. The summed E-state index contributed by atoms with van der Waals surface area (Å²) in [6, 6.07) is 7.99. The first-order valence-corrected chi connectivity index (χ1v) is 8.45. The van der Waals surface area contributed by atoms with Gasteiger partial charge in [-0.1, -0.05) is 12.1 Å². The van der Waals surface area contributed by atoms with E-state index in [2.05, 4.69) is 17.1 Å². The molecule has 1 saturated carbocycles. The Morgan fingerprint density at radius 1 is 1.39 bits per heavy atom. The molecule has 0 spiro atoms. The van der Waals surface area contributed by atoms with Gasteiger partial charge in [0, 0.05) is 19.0 Å². The van der Waals surface area contributed by atoms with Crippen molar-refractivity contribution in [3.8, 4) is 0 Å². The van der Waals surface area contributed by atoms with Crippen LogP contribution >= 0.6 is 0 Å². The predicted octanol–water partition coefficient (Wildman–Crippen LogP) is 2.48. The van der Waals surface area contributed by atoms with Crippen LogP contribution in [0, 0.1) is 5.92 Å². The second kappa shape index (κ2) is 6.71. The predicted molar refractivity (Wildman–Crippen MR) is 91.5 cm³/mol. The number of nitrogens with one attached hydrogen (secondary N) is 1. The summed E-state index contributed by atoms with van der Waals surface area (Å²) in [5.74, 6) is 0.840. The molecule has 0 aromatic heterocycles. The van der Waals surface area contributed by atoms with Crippen LogP contribution in [0.1, 0.15) is 32.6 Å². The third kappa shape index (κ3) is 3.72. The van der Waals surface area contributed by atoms with E-state index in [1.165, 1.54) is 12.8 Å². The van der Waals surface area contributed by atoms with Gasteiger partial charge < -0.3 is 10.2 Å². The maximum absolute atomic E-state index is 12.4. The van der Waals surface area contributed by atoms with Gasteiger partial charge in [0.25, 0.3) is 0 Å². The molecular formula is C18H25N3O2. The van der Waals surface area contributed by atoms with Crippen molar-refractivity contribution in [2.45, 2.75) is 38.6 Å². The average molecular weight is 315 g/mol. The molecule has 1 unspecified atom stereocenters. The third-order valence-corrected chi connectivity index (χ3v) is 4.93. The zero-order chi connectivity index (χ0) is 16.4. The smallest absolute Gasteiger partial charge is 0.238 e. The van der Waals surface area contributed by atoms with Crippen LogP contribution in [0.5, 0.6) is 0 Å². The van der Waals surface area contributed by atoms with E-state index in [0.29, 0.717) is 19.0 Å². The van der Waals surface area contributed by atoms with Crippen molar-refractivity contribution in [1.29, 1.82) is 0 Å². The molecule has 2 amide bonds. The Labute approximate surface area is 137 Å². The quantitative estimate of drug-likeness (QED) is 0.877. The zero-order valence-electron chi connectivity index (χ0n) is 13.9. The molecule has 1 aliphatic heterocycles. The molecule has 1 aromatic carbocycles. The van der Waals surface area contributed by atoms with Crippen LogP contribution in [0.25, 0.3) is 0 Å². The van der Waals surface area contributed by atoms with E-state index in [9.17, 15) is 9.59 Å². The lowest BCUT2D eigenvalue weighted by Gasteiger charge is -2.25. The number of rotatable bonds is 6. The molecule has 3 rings (SSSR count). The van der Waals surface area contributed by atoms with Crippen LogP contribution in [0.15, 0.2) is 24.3 Å². The van der Waals surface area contributed by atoms with Gasteiger partial charge in [0.15, 0.2) is 0 Å². The zero-order valence-corrected chi connectivity index (χ0v) is 13.9. The molecule has 5 nitrogen and oxygen atoms in total. The highest BCUT2D eigenvalue weighted by atomic mass is 16.2. The Morgan fingerprint density at radius 3 is 2.78 bits per heavy atom. The Kier molecular flexibility index (Phi) is 4.66. The van der Waals surface area contributed by atoms with E-state index < -0.39 is 0 Å². The van der Waals surface area contributed by atoms with Gasteiger partial charge in [-0.2, -0.15) is 0 Å². The van der Waals surface area contributed by atoms with Crippen molar-refractivity contribution < 1.29 is 9.59 Å². The second-order valence-corrected chi connectivity index (χ2v) is 6.71. The van der Waals surface area contributed by atoms with Crippen molar-refractivity contribution in [2.75, 3.05) is 30.4 Å². The molecule has 1 saturated heterocycles. The van der Waals surface area contributed by atoms with Crippen LogP contribution < -0.4 is 10.2 Å². The Balaban J connectivity index is 1.65. The fourth-order valence-electron chi connectivity index (χ4n) is 3.22. The summed E-state index contributed by atoms with van der Waals surface area (Å²) >= 11 is 0. The summed E-state index contributed by atoms with van der Waals surface area (Å²) < 4.78 is 0. The molecule has 1 atom stereocenters. The van der Waals surface area contributed by atoms with Gasteiger partial charge in [-0.05, 0) is 51.3 Å². The Hall–Kier alpha value is -1.88. The molecule has 5 heteroatoms. The van der Waals surface area contributed by atoms with Crippen molar-refractivity contribution in [1.82, 2.24) is 4.90 Å².